The van der Waals surface area contributed by atoms with E-state index >= 15 is 0 Å². The number of hydrogen-bond donors (Lipinski definition) is 1. The van der Waals surface area contributed by atoms with E-state index in [-0.39, 0.29) is 6.01 Å². The Kier molecular flexibility index (Phi) is 10.1. The van der Waals surface area contributed by atoms with Gasteiger partial charge < -0.3 is 33.8 Å². The van der Waals surface area contributed by atoms with Gasteiger partial charge >= 0.3 is 0 Å². The number of nitrogens with two attached hydrogens (primary N) is 1. The van der Waals surface area contributed by atoms with E-state index in [1.54, 1.807) is 7.11 Å². The van der Waals surface area contributed by atoms with Crippen molar-refractivity contribution in [3.8, 4) is 5.75 Å². The second kappa shape index (κ2) is 13.3. The quantitative estimate of drug-likeness (QED) is 0.445. The summed E-state index contributed by atoms with van der Waals surface area (Å²) < 4.78 is 33.0. The van der Waals surface area contributed by atoms with Crippen LogP contribution >= 0.6 is 0 Å². The van der Waals surface area contributed by atoms with E-state index < -0.39 is 0 Å². The predicted octanol–water partition coefficient (Wildman–Crippen LogP) is 1.74. The molecule has 1 fully saturated rings. The Hall–Kier alpha value is -2.17. The Balaban J connectivity index is 1.38. The number of morpholine rings is 1. The lowest BCUT2D eigenvalue weighted by Crippen LogP contribution is -2.38. The summed E-state index contributed by atoms with van der Waals surface area (Å²) in [5.74, 6) is 1.48. The van der Waals surface area contributed by atoms with Crippen molar-refractivity contribution in [3.63, 3.8) is 0 Å². The number of hydrogen-bond acceptors (Lipinski definition) is 9. The standard InChI is InChI=1S/C22H33N3O6/c1-26-11-14-30-19-4-2-3-18(15-19)16-21-20(24-22(23)31-21)17-29-13-12-28-10-7-25-5-8-27-9-6-25/h2-4,15H,5-14,16-17H2,1H3,(H2,23,24). The number of aromatic nitrogens is 1. The van der Waals surface area contributed by atoms with Gasteiger partial charge in [-0.25, -0.2) is 0 Å². The zero-order valence-electron chi connectivity index (χ0n) is 18.2. The summed E-state index contributed by atoms with van der Waals surface area (Å²) >= 11 is 0. The molecule has 1 aromatic carbocycles. The molecule has 2 N–H and O–H groups in total. The fourth-order valence-corrected chi connectivity index (χ4v) is 3.23. The highest BCUT2D eigenvalue weighted by Gasteiger charge is 2.13. The van der Waals surface area contributed by atoms with Crippen molar-refractivity contribution in [1.82, 2.24) is 9.88 Å². The number of nitrogen functional groups attached to an aromatic ring is 1. The maximum atomic E-state index is 5.77. The first-order chi connectivity index (χ1) is 15.2. The summed E-state index contributed by atoms with van der Waals surface area (Å²) in [5, 5.41) is 0. The van der Waals surface area contributed by atoms with Crippen LogP contribution < -0.4 is 10.5 Å². The summed E-state index contributed by atoms with van der Waals surface area (Å²) in [6.45, 7) is 7.55. The minimum Gasteiger partial charge on any atom is -0.491 e. The molecule has 1 aliphatic heterocycles. The molecule has 2 aromatic rings. The summed E-state index contributed by atoms with van der Waals surface area (Å²) in [4.78, 5) is 6.60. The number of nitrogens with zero attached hydrogens (tertiary/aromatic N) is 2. The molecule has 0 spiro atoms. The Morgan fingerprint density at radius 2 is 1.90 bits per heavy atom. The number of benzene rings is 1. The van der Waals surface area contributed by atoms with Crippen molar-refractivity contribution < 1.29 is 28.1 Å². The van der Waals surface area contributed by atoms with Gasteiger partial charge in [-0.3, -0.25) is 4.90 Å². The summed E-state index contributed by atoms with van der Waals surface area (Å²) in [5.41, 5.74) is 7.52. The van der Waals surface area contributed by atoms with Crippen molar-refractivity contribution in [1.29, 1.82) is 0 Å². The Bertz CT molecular complexity index is 763. The second-order valence-corrected chi connectivity index (χ2v) is 7.21. The molecule has 31 heavy (non-hydrogen) atoms. The highest BCUT2D eigenvalue weighted by molar-refractivity contribution is 5.32. The van der Waals surface area contributed by atoms with Crippen LogP contribution in [0.25, 0.3) is 0 Å². The monoisotopic (exact) mass is 435 g/mol. The van der Waals surface area contributed by atoms with Crippen molar-refractivity contribution in [2.45, 2.75) is 13.0 Å². The predicted molar refractivity (Wildman–Crippen MR) is 115 cm³/mol. The minimum absolute atomic E-state index is 0.142. The molecule has 0 amide bonds. The maximum Gasteiger partial charge on any atom is 0.292 e. The number of methoxy groups -OCH3 is 1. The SMILES string of the molecule is COCCOc1cccc(Cc2oc(N)nc2COCCOCCN2CCOCC2)c1. The molecule has 1 aliphatic rings. The van der Waals surface area contributed by atoms with Crippen LogP contribution in [0, 0.1) is 0 Å². The smallest absolute Gasteiger partial charge is 0.292 e. The van der Waals surface area contributed by atoms with Gasteiger partial charge in [-0.05, 0) is 17.7 Å². The van der Waals surface area contributed by atoms with Gasteiger partial charge in [0.25, 0.3) is 6.01 Å². The maximum absolute atomic E-state index is 5.77. The van der Waals surface area contributed by atoms with Crippen LogP contribution in [-0.2, 0) is 32.0 Å². The van der Waals surface area contributed by atoms with E-state index in [0.717, 1.165) is 44.2 Å². The van der Waals surface area contributed by atoms with Gasteiger partial charge in [0.1, 0.15) is 23.8 Å². The molecule has 9 heteroatoms. The molecule has 0 unspecified atom stereocenters. The van der Waals surface area contributed by atoms with Crippen LogP contribution in [0.4, 0.5) is 6.01 Å². The third-order valence-electron chi connectivity index (χ3n) is 4.88. The molecule has 172 valence electrons. The van der Waals surface area contributed by atoms with Crippen LogP contribution in [0.3, 0.4) is 0 Å². The van der Waals surface area contributed by atoms with E-state index in [4.69, 9.17) is 33.8 Å². The summed E-state index contributed by atoms with van der Waals surface area (Å²) in [7, 11) is 1.65. The third kappa shape index (κ3) is 8.47. The molecule has 0 atom stereocenters. The normalized spacial score (nSPS) is 14.7. The van der Waals surface area contributed by atoms with E-state index in [2.05, 4.69) is 9.88 Å². The molecular formula is C22H33N3O6. The first-order valence-corrected chi connectivity index (χ1v) is 10.6. The molecule has 3 rings (SSSR count). The van der Waals surface area contributed by atoms with Gasteiger partial charge in [0.2, 0.25) is 0 Å². The lowest BCUT2D eigenvalue weighted by atomic mass is 10.1. The third-order valence-corrected chi connectivity index (χ3v) is 4.88. The topological polar surface area (TPSA) is 101 Å². The first kappa shape index (κ1) is 23.5. The van der Waals surface area contributed by atoms with Gasteiger partial charge in [-0.1, -0.05) is 12.1 Å². The Morgan fingerprint density at radius 3 is 2.74 bits per heavy atom. The largest absolute Gasteiger partial charge is 0.491 e. The fraction of sp³-hybridized carbons (Fsp3) is 0.591. The molecule has 0 saturated carbocycles. The fourth-order valence-electron chi connectivity index (χ4n) is 3.23. The molecule has 0 radical (unpaired) electrons. The van der Waals surface area contributed by atoms with E-state index in [0.29, 0.717) is 57.5 Å². The van der Waals surface area contributed by atoms with Gasteiger partial charge in [0.05, 0.1) is 46.2 Å². The van der Waals surface area contributed by atoms with Crippen molar-refractivity contribution in [2.75, 3.05) is 78.7 Å². The van der Waals surface area contributed by atoms with Gasteiger partial charge in [0.15, 0.2) is 0 Å². The van der Waals surface area contributed by atoms with Crippen molar-refractivity contribution >= 4 is 6.01 Å². The zero-order chi connectivity index (χ0) is 21.7. The molecule has 1 aromatic heterocycles. The van der Waals surface area contributed by atoms with Crippen LogP contribution in [0.5, 0.6) is 5.75 Å². The lowest BCUT2D eigenvalue weighted by molar-refractivity contribution is 0.00544. The molecule has 2 heterocycles. The van der Waals surface area contributed by atoms with Crippen molar-refractivity contribution in [2.24, 2.45) is 0 Å². The number of oxazole rings is 1. The molecular weight excluding hydrogens is 402 g/mol. The number of ether oxygens (including phenoxy) is 5. The van der Waals surface area contributed by atoms with E-state index in [1.807, 2.05) is 24.3 Å². The van der Waals surface area contributed by atoms with Gasteiger partial charge in [-0.2, -0.15) is 4.98 Å². The number of anilines is 1. The highest BCUT2D eigenvalue weighted by atomic mass is 16.5. The van der Waals surface area contributed by atoms with E-state index in [9.17, 15) is 0 Å². The Morgan fingerprint density at radius 1 is 1.06 bits per heavy atom. The number of rotatable bonds is 14. The Labute approximate surface area is 183 Å². The van der Waals surface area contributed by atoms with Gasteiger partial charge in [-0.15, -0.1) is 0 Å². The lowest BCUT2D eigenvalue weighted by Gasteiger charge is -2.26. The van der Waals surface area contributed by atoms with Crippen LogP contribution in [-0.4, -0.2) is 82.9 Å². The van der Waals surface area contributed by atoms with E-state index in [1.165, 1.54) is 0 Å². The minimum atomic E-state index is 0.142. The van der Waals surface area contributed by atoms with Crippen LogP contribution in [0.2, 0.25) is 0 Å². The van der Waals surface area contributed by atoms with Crippen LogP contribution in [0.1, 0.15) is 17.0 Å². The molecule has 1 saturated heterocycles. The van der Waals surface area contributed by atoms with Gasteiger partial charge in [0, 0.05) is 33.2 Å². The molecule has 0 bridgehead atoms. The first-order valence-electron chi connectivity index (χ1n) is 10.6. The average molecular weight is 436 g/mol. The average Bonchev–Trinajstić information content (AvgIpc) is 3.13. The molecule has 9 nitrogen and oxygen atoms in total. The second-order valence-electron chi connectivity index (χ2n) is 7.21. The summed E-state index contributed by atoms with van der Waals surface area (Å²) in [6.07, 6.45) is 0.556. The summed E-state index contributed by atoms with van der Waals surface area (Å²) in [6, 6.07) is 7.98. The highest BCUT2D eigenvalue weighted by Crippen LogP contribution is 2.21. The molecule has 0 aliphatic carbocycles. The van der Waals surface area contributed by atoms with Crippen molar-refractivity contribution in [3.05, 3.63) is 41.3 Å². The zero-order valence-corrected chi connectivity index (χ0v) is 18.2. The van der Waals surface area contributed by atoms with Crippen LogP contribution in [0.15, 0.2) is 28.7 Å².